The second-order valence-electron chi connectivity index (χ2n) is 4.49. The summed E-state index contributed by atoms with van der Waals surface area (Å²) < 4.78 is 37.7. The Hall–Kier alpha value is -2.16. The lowest BCUT2D eigenvalue weighted by Gasteiger charge is -2.09. The van der Waals surface area contributed by atoms with Crippen LogP contribution in [-0.2, 0) is 6.18 Å². The number of halogens is 3. The van der Waals surface area contributed by atoms with Crippen LogP contribution in [0.25, 0.3) is 0 Å². The standard InChI is InChI=1S/C13H16F3N3O3/c1-2-5-17-6-7-18-12(20)10-4-3-9(13(14,15)16)8-11(10)19(21)22/h3-4,8,17H,2,5-7H2,1H3,(H,18,20). The van der Waals surface area contributed by atoms with Crippen LogP contribution < -0.4 is 10.6 Å². The molecule has 1 amide bonds. The molecule has 0 atom stereocenters. The van der Waals surface area contributed by atoms with Crippen molar-refractivity contribution >= 4 is 11.6 Å². The van der Waals surface area contributed by atoms with Gasteiger partial charge in [-0.25, -0.2) is 0 Å². The van der Waals surface area contributed by atoms with E-state index in [0.717, 1.165) is 19.0 Å². The van der Waals surface area contributed by atoms with Gasteiger partial charge in [0.05, 0.1) is 10.5 Å². The van der Waals surface area contributed by atoms with Gasteiger partial charge in [0, 0.05) is 19.2 Å². The molecule has 22 heavy (non-hydrogen) atoms. The highest BCUT2D eigenvalue weighted by atomic mass is 19.4. The number of rotatable bonds is 7. The monoisotopic (exact) mass is 319 g/mol. The first-order chi connectivity index (χ1) is 10.3. The predicted octanol–water partition coefficient (Wildman–Crippen LogP) is 2.34. The average molecular weight is 319 g/mol. The van der Waals surface area contributed by atoms with Gasteiger partial charge < -0.3 is 10.6 Å². The number of nitrogens with one attached hydrogen (secondary N) is 2. The minimum Gasteiger partial charge on any atom is -0.351 e. The van der Waals surface area contributed by atoms with E-state index in [4.69, 9.17) is 0 Å². The summed E-state index contributed by atoms with van der Waals surface area (Å²) in [7, 11) is 0. The SMILES string of the molecule is CCCNCCNC(=O)c1ccc(C(F)(F)F)cc1[N+](=O)[O-]. The maximum absolute atomic E-state index is 12.6. The highest BCUT2D eigenvalue weighted by Crippen LogP contribution is 2.32. The van der Waals surface area contributed by atoms with Gasteiger partial charge in [0.1, 0.15) is 5.56 Å². The molecule has 0 heterocycles. The van der Waals surface area contributed by atoms with Crippen molar-refractivity contribution in [2.45, 2.75) is 19.5 Å². The van der Waals surface area contributed by atoms with Crippen LogP contribution in [-0.4, -0.2) is 30.5 Å². The van der Waals surface area contributed by atoms with Gasteiger partial charge in [-0.3, -0.25) is 14.9 Å². The second kappa shape index (κ2) is 7.74. The van der Waals surface area contributed by atoms with Crippen molar-refractivity contribution in [3.05, 3.63) is 39.4 Å². The first kappa shape index (κ1) is 17.9. The van der Waals surface area contributed by atoms with Crippen LogP contribution in [0.3, 0.4) is 0 Å². The van der Waals surface area contributed by atoms with E-state index in [2.05, 4.69) is 10.6 Å². The van der Waals surface area contributed by atoms with Crippen LogP contribution in [0.15, 0.2) is 18.2 Å². The molecule has 1 rings (SSSR count). The average Bonchev–Trinajstić information content (AvgIpc) is 2.45. The van der Waals surface area contributed by atoms with Crippen LogP contribution in [0, 0.1) is 10.1 Å². The third kappa shape index (κ3) is 4.99. The summed E-state index contributed by atoms with van der Waals surface area (Å²) in [5, 5.41) is 16.3. The van der Waals surface area contributed by atoms with Gasteiger partial charge in [-0.2, -0.15) is 13.2 Å². The summed E-state index contributed by atoms with van der Waals surface area (Å²) in [6.45, 7) is 3.42. The number of hydrogen-bond acceptors (Lipinski definition) is 4. The Morgan fingerprint density at radius 3 is 2.50 bits per heavy atom. The van der Waals surface area contributed by atoms with Gasteiger partial charge in [-0.15, -0.1) is 0 Å². The minimum atomic E-state index is -4.70. The molecule has 0 saturated carbocycles. The fraction of sp³-hybridized carbons (Fsp3) is 0.462. The van der Waals surface area contributed by atoms with Crippen molar-refractivity contribution in [2.24, 2.45) is 0 Å². The van der Waals surface area contributed by atoms with E-state index in [1.165, 1.54) is 0 Å². The van der Waals surface area contributed by atoms with E-state index in [0.29, 0.717) is 18.7 Å². The molecule has 0 aliphatic carbocycles. The fourth-order valence-corrected chi connectivity index (χ4v) is 1.71. The van der Waals surface area contributed by atoms with Crippen molar-refractivity contribution < 1.29 is 22.9 Å². The Balaban J connectivity index is 2.85. The molecule has 2 N–H and O–H groups in total. The first-order valence-corrected chi connectivity index (χ1v) is 6.62. The number of nitro benzene ring substituents is 1. The maximum atomic E-state index is 12.6. The van der Waals surface area contributed by atoms with E-state index in [9.17, 15) is 28.1 Å². The summed E-state index contributed by atoms with van der Waals surface area (Å²) >= 11 is 0. The lowest BCUT2D eigenvalue weighted by Crippen LogP contribution is -2.32. The highest BCUT2D eigenvalue weighted by Gasteiger charge is 2.33. The number of amides is 1. The fourth-order valence-electron chi connectivity index (χ4n) is 1.71. The summed E-state index contributed by atoms with van der Waals surface area (Å²) in [6.07, 6.45) is -3.79. The topological polar surface area (TPSA) is 84.3 Å². The number of nitro groups is 1. The summed E-state index contributed by atoms with van der Waals surface area (Å²) in [4.78, 5) is 21.7. The summed E-state index contributed by atoms with van der Waals surface area (Å²) in [5.41, 5.74) is -2.43. The third-order valence-corrected chi connectivity index (χ3v) is 2.78. The molecule has 1 aromatic carbocycles. The molecule has 0 fully saturated rings. The number of carbonyl (C=O) groups is 1. The molecule has 9 heteroatoms. The van der Waals surface area contributed by atoms with Crippen molar-refractivity contribution in [1.82, 2.24) is 10.6 Å². The molecule has 1 aromatic rings. The maximum Gasteiger partial charge on any atom is 0.416 e. The number of nitrogens with zero attached hydrogens (tertiary/aromatic N) is 1. The Labute approximate surface area is 124 Å². The number of benzene rings is 1. The minimum absolute atomic E-state index is 0.219. The van der Waals surface area contributed by atoms with Gasteiger partial charge in [0.15, 0.2) is 0 Å². The van der Waals surface area contributed by atoms with Gasteiger partial charge in [0.2, 0.25) is 0 Å². The Kier molecular flexibility index (Phi) is 6.29. The number of carbonyl (C=O) groups excluding carboxylic acids is 1. The van der Waals surface area contributed by atoms with Crippen LogP contribution in [0.2, 0.25) is 0 Å². The van der Waals surface area contributed by atoms with Crippen molar-refractivity contribution in [3.63, 3.8) is 0 Å². The number of hydrogen-bond donors (Lipinski definition) is 2. The zero-order chi connectivity index (χ0) is 16.8. The molecule has 0 aliphatic heterocycles. The largest absolute Gasteiger partial charge is 0.416 e. The predicted molar refractivity (Wildman–Crippen MR) is 73.6 cm³/mol. The van der Waals surface area contributed by atoms with E-state index >= 15 is 0 Å². The molecular weight excluding hydrogens is 303 g/mol. The molecule has 0 aliphatic rings. The normalized spacial score (nSPS) is 11.3. The number of alkyl halides is 3. The molecule has 122 valence electrons. The van der Waals surface area contributed by atoms with Gasteiger partial charge >= 0.3 is 6.18 Å². The molecule has 0 saturated heterocycles. The third-order valence-electron chi connectivity index (χ3n) is 2.78. The first-order valence-electron chi connectivity index (χ1n) is 6.62. The molecule has 0 unspecified atom stereocenters. The van der Waals surface area contributed by atoms with Crippen molar-refractivity contribution in [3.8, 4) is 0 Å². The smallest absolute Gasteiger partial charge is 0.351 e. The lowest BCUT2D eigenvalue weighted by atomic mass is 10.1. The summed E-state index contributed by atoms with van der Waals surface area (Å²) in [6, 6.07) is 1.83. The highest BCUT2D eigenvalue weighted by molar-refractivity contribution is 5.98. The molecule has 0 aromatic heterocycles. The quantitative estimate of drug-likeness (QED) is 0.459. The Bertz CT molecular complexity index is 547. The molecule has 0 spiro atoms. The second-order valence-corrected chi connectivity index (χ2v) is 4.49. The van der Waals surface area contributed by atoms with Crippen molar-refractivity contribution in [2.75, 3.05) is 19.6 Å². The van der Waals surface area contributed by atoms with E-state index < -0.39 is 33.8 Å². The molecule has 0 radical (unpaired) electrons. The lowest BCUT2D eigenvalue weighted by molar-refractivity contribution is -0.385. The van der Waals surface area contributed by atoms with Gasteiger partial charge in [-0.1, -0.05) is 6.92 Å². The van der Waals surface area contributed by atoms with E-state index in [1.807, 2.05) is 6.92 Å². The Morgan fingerprint density at radius 2 is 1.95 bits per heavy atom. The molecule has 6 nitrogen and oxygen atoms in total. The zero-order valence-electron chi connectivity index (χ0n) is 11.9. The van der Waals surface area contributed by atoms with Crippen molar-refractivity contribution in [1.29, 1.82) is 0 Å². The molecular formula is C13H16F3N3O3. The van der Waals surface area contributed by atoms with E-state index in [-0.39, 0.29) is 6.54 Å². The summed E-state index contributed by atoms with van der Waals surface area (Å²) in [5.74, 6) is -0.779. The van der Waals surface area contributed by atoms with Crippen LogP contribution in [0.4, 0.5) is 18.9 Å². The Morgan fingerprint density at radius 1 is 1.27 bits per heavy atom. The van der Waals surface area contributed by atoms with Gasteiger partial charge in [-0.05, 0) is 25.1 Å². The van der Waals surface area contributed by atoms with Gasteiger partial charge in [0.25, 0.3) is 11.6 Å². The van der Waals surface area contributed by atoms with E-state index in [1.54, 1.807) is 0 Å². The van der Waals surface area contributed by atoms with Crippen LogP contribution in [0.5, 0.6) is 0 Å². The van der Waals surface area contributed by atoms with Crippen LogP contribution in [0.1, 0.15) is 29.3 Å². The molecule has 0 bridgehead atoms. The zero-order valence-corrected chi connectivity index (χ0v) is 11.9. The van der Waals surface area contributed by atoms with Crippen LogP contribution >= 0.6 is 0 Å².